The van der Waals surface area contributed by atoms with E-state index in [0.717, 1.165) is 5.56 Å². The molecule has 6 heteroatoms. The Labute approximate surface area is 166 Å². The highest BCUT2D eigenvalue weighted by molar-refractivity contribution is 5.97. The largest absolute Gasteiger partial charge is 0.497 e. The van der Waals surface area contributed by atoms with E-state index in [2.05, 4.69) is 10.6 Å². The first-order valence-electron chi connectivity index (χ1n) is 9.40. The average molecular weight is 384 g/mol. The Morgan fingerprint density at radius 2 is 1.71 bits per heavy atom. The number of methoxy groups -OCH3 is 1. The standard InChI is InChI=1S/C22H28N2O4/c1-5-23-21(25)17-8-6-16(7-9-17)13-24-22(26)19-11-10-18(27-4)12-20(19)28-14-15(2)3/h6-12,15H,5,13-14H2,1-4H3,(H,23,25)(H,24,26). The van der Waals surface area contributed by atoms with Gasteiger partial charge in [-0.1, -0.05) is 26.0 Å². The van der Waals surface area contributed by atoms with Crippen LogP contribution in [0.25, 0.3) is 0 Å². The van der Waals surface area contributed by atoms with Crippen molar-refractivity contribution in [2.75, 3.05) is 20.3 Å². The number of rotatable bonds is 9. The van der Waals surface area contributed by atoms with Crippen LogP contribution in [0.3, 0.4) is 0 Å². The summed E-state index contributed by atoms with van der Waals surface area (Å²) in [4.78, 5) is 24.4. The molecule has 0 saturated carbocycles. The van der Waals surface area contributed by atoms with Crippen molar-refractivity contribution in [1.82, 2.24) is 10.6 Å². The van der Waals surface area contributed by atoms with Crippen LogP contribution >= 0.6 is 0 Å². The Bertz CT molecular complexity index is 801. The highest BCUT2D eigenvalue weighted by Crippen LogP contribution is 2.25. The molecule has 2 N–H and O–H groups in total. The molecule has 0 aliphatic carbocycles. The van der Waals surface area contributed by atoms with Crippen molar-refractivity contribution in [3.63, 3.8) is 0 Å². The smallest absolute Gasteiger partial charge is 0.255 e. The van der Waals surface area contributed by atoms with Crippen molar-refractivity contribution in [2.24, 2.45) is 5.92 Å². The van der Waals surface area contributed by atoms with Gasteiger partial charge in [0.1, 0.15) is 11.5 Å². The predicted molar refractivity (Wildman–Crippen MR) is 109 cm³/mol. The van der Waals surface area contributed by atoms with Gasteiger partial charge < -0.3 is 20.1 Å². The fourth-order valence-electron chi connectivity index (χ4n) is 2.51. The molecule has 0 fully saturated rings. The predicted octanol–water partition coefficient (Wildman–Crippen LogP) is 3.41. The highest BCUT2D eigenvalue weighted by atomic mass is 16.5. The third kappa shape index (κ3) is 6.01. The van der Waals surface area contributed by atoms with Gasteiger partial charge in [0.25, 0.3) is 11.8 Å². The summed E-state index contributed by atoms with van der Waals surface area (Å²) in [5, 5.41) is 5.65. The van der Waals surface area contributed by atoms with Crippen LogP contribution in [0, 0.1) is 5.92 Å². The van der Waals surface area contributed by atoms with E-state index in [1.807, 2.05) is 32.9 Å². The molecule has 2 aromatic carbocycles. The molecule has 2 amide bonds. The lowest BCUT2D eigenvalue weighted by Gasteiger charge is -2.14. The molecule has 0 aliphatic heterocycles. The Morgan fingerprint density at radius 1 is 1.00 bits per heavy atom. The molecule has 150 valence electrons. The van der Waals surface area contributed by atoms with Crippen molar-refractivity contribution in [2.45, 2.75) is 27.3 Å². The van der Waals surface area contributed by atoms with Gasteiger partial charge in [0.2, 0.25) is 0 Å². The Kier molecular flexibility index (Phi) is 7.87. The van der Waals surface area contributed by atoms with E-state index < -0.39 is 0 Å². The number of ether oxygens (including phenoxy) is 2. The van der Waals surface area contributed by atoms with Crippen LogP contribution in [0.15, 0.2) is 42.5 Å². The zero-order chi connectivity index (χ0) is 20.5. The van der Waals surface area contributed by atoms with E-state index in [1.54, 1.807) is 37.4 Å². The third-order valence-corrected chi connectivity index (χ3v) is 4.01. The van der Waals surface area contributed by atoms with Crippen molar-refractivity contribution < 1.29 is 19.1 Å². The van der Waals surface area contributed by atoms with Crippen LogP contribution in [0.1, 0.15) is 47.1 Å². The van der Waals surface area contributed by atoms with E-state index in [9.17, 15) is 9.59 Å². The van der Waals surface area contributed by atoms with Gasteiger partial charge in [-0.2, -0.15) is 0 Å². The molecule has 2 aromatic rings. The topological polar surface area (TPSA) is 76.7 Å². The molecular formula is C22H28N2O4. The van der Waals surface area contributed by atoms with Crippen LogP contribution in [0.5, 0.6) is 11.5 Å². The van der Waals surface area contributed by atoms with Crippen LogP contribution < -0.4 is 20.1 Å². The van der Waals surface area contributed by atoms with Gasteiger partial charge in [-0.15, -0.1) is 0 Å². The summed E-state index contributed by atoms with van der Waals surface area (Å²) in [7, 11) is 1.58. The lowest BCUT2D eigenvalue weighted by atomic mass is 10.1. The van der Waals surface area contributed by atoms with E-state index in [1.165, 1.54) is 0 Å². The molecule has 0 aromatic heterocycles. The minimum absolute atomic E-state index is 0.108. The van der Waals surface area contributed by atoms with Gasteiger partial charge >= 0.3 is 0 Å². The molecule has 0 atom stereocenters. The average Bonchev–Trinajstić information content (AvgIpc) is 2.70. The molecular weight excluding hydrogens is 356 g/mol. The van der Waals surface area contributed by atoms with E-state index in [4.69, 9.17) is 9.47 Å². The van der Waals surface area contributed by atoms with Gasteiger partial charge in [-0.3, -0.25) is 9.59 Å². The number of amides is 2. The summed E-state index contributed by atoms with van der Waals surface area (Å²) in [5.74, 6) is 1.14. The number of benzene rings is 2. The summed E-state index contributed by atoms with van der Waals surface area (Å²) in [6.07, 6.45) is 0. The fourth-order valence-corrected chi connectivity index (χ4v) is 2.51. The van der Waals surface area contributed by atoms with Crippen molar-refractivity contribution in [3.8, 4) is 11.5 Å². The number of carbonyl (C=O) groups is 2. The second-order valence-corrected chi connectivity index (χ2v) is 6.81. The van der Waals surface area contributed by atoms with Crippen molar-refractivity contribution in [1.29, 1.82) is 0 Å². The van der Waals surface area contributed by atoms with E-state index in [0.29, 0.717) is 48.2 Å². The van der Waals surface area contributed by atoms with E-state index in [-0.39, 0.29) is 11.8 Å². The quantitative estimate of drug-likeness (QED) is 0.695. The Balaban J connectivity index is 2.05. The molecule has 6 nitrogen and oxygen atoms in total. The second-order valence-electron chi connectivity index (χ2n) is 6.81. The molecule has 0 unspecified atom stereocenters. The molecule has 0 spiro atoms. The second kappa shape index (κ2) is 10.3. The lowest BCUT2D eigenvalue weighted by Crippen LogP contribution is -2.24. The fraction of sp³-hybridized carbons (Fsp3) is 0.364. The van der Waals surface area contributed by atoms with Crippen LogP contribution in [0.2, 0.25) is 0 Å². The van der Waals surface area contributed by atoms with Crippen LogP contribution in [-0.2, 0) is 6.54 Å². The lowest BCUT2D eigenvalue weighted by molar-refractivity contribution is 0.0940. The summed E-state index contributed by atoms with van der Waals surface area (Å²) in [5.41, 5.74) is 1.96. The minimum Gasteiger partial charge on any atom is -0.497 e. The molecule has 0 bridgehead atoms. The maximum atomic E-state index is 12.6. The summed E-state index contributed by atoms with van der Waals surface area (Å²) in [6.45, 7) is 7.41. The molecule has 2 rings (SSSR count). The molecule has 0 saturated heterocycles. The van der Waals surface area contributed by atoms with Crippen LogP contribution in [0.4, 0.5) is 0 Å². The minimum atomic E-state index is -0.228. The van der Waals surface area contributed by atoms with Gasteiger partial charge in [0, 0.05) is 24.7 Å². The summed E-state index contributed by atoms with van der Waals surface area (Å²) >= 11 is 0. The van der Waals surface area contributed by atoms with Gasteiger partial charge in [0.05, 0.1) is 19.3 Å². The first-order chi connectivity index (χ1) is 13.4. The van der Waals surface area contributed by atoms with Crippen molar-refractivity contribution in [3.05, 3.63) is 59.2 Å². The van der Waals surface area contributed by atoms with Gasteiger partial charge in [0.15, 0.2) is 0 Å². The SMILES string of the molecule is CCNC(=O)c1ccc(CNC(=O)c2ccc(OC)cc2OCC(C)C)cc1. The highest BCUT2D eigenvalue weighted by Gasteiger charge is 2.14. The third-order valence-electron chi connectivity index (χ3n) is 4.01. The first kappa shape index (κ1) is 21.3. The molecule has 28 heavy (non-hydrogen) atoms. The number of hydrogen-bond acceptors (Lipinski definition) is 4. The zero-order valence-electron chi connectivity index (χ0n) is 16.9. The maximum Gasteiger partial charge on any atom is 0.255 e. The number of nitrogens with one attached hydrogen (secondary N) is 2. The van der Waals surface area contributed by atoms with Gasteiger partial charge in [-0.05, 0) is 42.7 Å². The molecule has 0 aliphatic rings. The van der Waals surface area contributed by atoms with Crippen LogP contribution in [-0.4, -0.2) is 32.1 Å². The zero-order valence-corrected chi connectivity index (χ0v) is 16.9. The Morgan fingerprint density at radius 3 is 2.32 bits per heavy atom. The molecule has 0 radical (unpaired) electrons. The molecule has 0 heterocycles. The maximum absolute atomic E-state index is 12.6. The normalized spacial score (nSPS) is 10.5. The Hall–Kier alpha value is -3.02. The van der Waals surface area contributed by atoms with E-state index >= 15 is 0 Å². The number of carbonyl (C=O) groups excluding carboxylic acids is 2. The number of hydrogen-bond donors (Lipinski definition) is 2. The van der Waals surface area contributed by atoms with Gasteiger partial charge in [-0.25, -0.2) is 0 Å². The monoisotopic (exact) mass is 384 g/mol. The summed E-state index contributed by atoms with van der Waals surface area (Å²) < 4.78 is 11.0. The first-order valence-corrected chi connectivity index (χ1v) is 9.40. The van der Waals surface area contributed by atoms with Crippen molar-refractivity contribution >= 4 is 11.8 Å². The summed E-state index contributed by atoms with van der Waals surface area (Å²) in [6, 6.07) is 12.3.